The van der Waals surface area contributed by atoms with Crippen LogP contribution in [0.4, 0.5) is 23.7 Å². The van der Waals surface area contributed by atoms with Gasteiger partial charge >= 0.3 is 12.3 Å². The number of halogens is 3. The second-order valence-corrected chi connectivity index (χ2v) is 11.6. The fraction of sp³-hybridized carbons (Fsp3) is 0.345. The maximum absolute atomic E-state index is 13.8. The smallest absolute Gasteiger partial charge is 0.410 e. The van der Waals surface area contributed by atoms with Crippen molar-refractivity contribution in [2.45, 2.75) is 51.0 Å². The Kier molecular flexibility index (Phi) is 7.10. The lowest BCUT2D eigenvalue weighted by Crippen LogP contribution is -2.45. The maximum atomic E-state index is 13.8. The molecule has 42 heavy (non-hydrogen) atoms. The normalized spacial score (nSPS) is 18.5. The van der Waals surface area contributed by atoms with Crippen LogP contribution in [0.25, 0.3) is 21.5 Å². The summed E-state index contributed by atoms with van der Waals surface area (Å²) in [4.78, 5) is 36.5. The van der Waals surface area contributed by atoms with Gasteiger partial charge in [0.1, 0.15) is 17.4 Å². The first-order valence-corrected chi connectivity index (χ1v) is 14.2. The first-order chi connectivity index (χ1) is 20.1. The lowest BCUT2D eigenvalue weighted by Gasteiger charge is -2.33. The molecule has 1 N–H and O–H groups in total. The van der Waals surface area contributed by atoms with Gasteiger partial charge in [-0.1, -0.05) is 12.1 Å². The quantitative estimate of drug-likeness (QED) is 0.325. The molecule has 4 heterocycles. The van der Waals surface area contributed by atoms with Gasteiger partial charge in [0.15, 0.2) is 0 Å². The third-order valence-electron chi connectivity index (χ3n) is 7.58. The topological polar surface area (TPSA) is 113 Å². The van der Waals surface area contributed by atoms with E-state index in [1.54, 1.807) is 52.8 Å². The van der Waals surface area contributed by atoms with Crippen LogP contribution in [0, 0.1) is 18.3 Å². The number of hydrogen-bond donors (Lipinski definition) is 1. The Morgan fingerprint density at radius 1 is 1.21 bits per heavy atom. The van der Waals surface area contributed by atoms with Gasteiger partial charge in [0, 0.05) is 34.9 Å². The molecule has 2 aromatic carbocycles. The molecule has 9 nitrogen and oxygen atoms in total. The van der Waals surface area contributed by atoms with Crippen molar-refractivity contribution in [1.82, 2.24) is 19.4 Å². The van der Waals surface area contributed by atoms with Crippen LogP contribution in [0.3, 0.4) is 0 Å². The molecule has 0 radical (unpaired) electrons. The second-order valence-electron chi connectivity index (χ2n) is 10.5. The van der Waals surface area contributed by atoms with E-state index in [2.05, 4.69) is 21.4 Å². The van der Waals surface area contributed by atoms with Crippen LogP contribution in [0.2, 0.25) is 0 Å². The number of fused-ring (bicyclic) bond motifs is 2. The number of hydrogen-bond acceptors (Lipinski definition) is 8. The Bertz CT molecular complexity index is 1780. The van der Waals surface area contributed by atoms with Gasteiger partial charge in [-0.2, -0.15) is 18.4 Å². The molecule has 0 saturated carbocycles. The van der Waals surface area contributed by atoms with Gasteiger partial charge in [0.2, 0.25) is 0 Å². The Balaban J connectivity index is 1.40. The Hall–Kier alpha value is -4.44. The Labute approximate surface area is 242 Å². The van der Waals surface area contributed by atoms with Crippen LogP contribution in [-0.2, 0) is 17.7 Å². The molecule has 0 unspecified atom stereocenters. The number of aromatic nitrogens is 3. The summed E-state index contributed by atoms with van der Waals surface area (Å²) in [6.45, 7) is 2.79. The van der Waals surface area contributed by atoms with Crippen molar-refractivity contribution < 1.29 is 22.7 Å². The third kappa shape index (κ3) is 5.54. The number of amides is 1. The molecule has 2 aliphatic heterocycles. The number of nitrogens with one attached hydrogen (secondary N) is 1. The number of anilines is 1. The zero-order chi connectivity index (χ0) is 29.6. The van der Waals surface area contributed by atoms with Crippen molar-refractivity contribution in [3.05, 3.63) is 74.8 Å². The average Bonchev–Trinajstić information content (AvgIpc) is 3.56. The number of thiazole rings is 1. The van der Waals surface area contributed by atoms with Crippen LogP contribution in [-0.4, -0.2) is 56.9 Å². The summed E-state index contributed by atoms with van der Waals surface area (Å²) in [6.07, 6.45) is -3.27. The minimum absolute atomic E-state index is 0.0640. The van der Waals surface area contributed by atoms with Crippen molar-refractivity contribution in [3.63, 3.8) is 0 Å². The number of cyclic esters (lactones) is 1. The fourth-order valence-electron chi connectivity index (χ4n) is 5.49. The number of benzene rings is 2. The van der Waals surface area contributed by atoms with Gasteiger partial charge in [-0.3, -0.25) is 9.36 Å². The molecule has 4 aromatic rings. The predicted molar refractivity (Wildman–Crippen MR) is 150 cm³/mol. The molecule has 2 atom stereocenters. The van der Waals surface area contributed by atoms with Crippen molar-refractivity contribution >= 4 is 34.0 Å². The highest BCUT2D eigenvalue weighted by Crippen LogP contribution is 2.37. The van der Waals surface area contributed by atoms with Gasteiger partial charge < -0.3 is 15.0 Å². The number of carbonyl (C=O) groups excluding carboxylic acids is 1. The minimum Gasteiger partial charge on any atom is -0.447 e. The van der Waals surface area contributed by atoms with E-state index >= 15 is 0 Å². The highest BCUT2D eigenvalue weighted by Gasteiger charge is 2.38. The lowest BCUT2D eigenvalue weighted by atomic mass is 9.97. The zero-order valence-electron chi connectivity index (χ0n) is 22.4. The number of aryl methyl sites for hydroxylation is 1. The highest BCUT2D eigenvalue weighted by atomic mass is 32.1. The number of ether oxygens (including phenoxy) is 1. The second kappa shape index (κ2) is 10.8. The summed E-state index contributed by atoms with van der Waals surface area (Å²) in [6, 6.07) is 12.3. The van der Waals surface area contributed by atoms with Gasteiger partial charge in [-0.25, -0.2) is 14.8 Å². The van der Waals surface area contributed by atoms with E-state index in [-0.39, 0.29) is 35.2 Å². The molecule has 2 fully saturated rings. The number of alkyl halides is 3. The molecule has 0 bridgehead atoms. The van der Waals surface area contributed by atoms with Crippen molar-refractivity contribution in [1.29, 1.82) is 5.26 Å². The van der Waals surface area contributed by atoms with Crippen LogP contribution >= 0.6 is 11.3 Å². The van der Waals surface area contributed by atoms with Crippen LogP contribution in [0.1, 0.15) is 34.7 Å². The lowest BCUT2D eigenvalue weighted by molar-refractivity contribution is -0.126. The molecule has 0 spiro atoms. The third-order valence-corrected chi connectivity index (χ3v) is 8.61. The number of nitrogens with zero attached hydrogens (tertiary/aromatic N) is 5. The number of nitriles is 1. The van der Waals surface area contributed by atoms with E-state index in [1.165, 1.54) is 6.20 Å². The van der Waals surface area contributed by atoms with Crippen molar-refractivity contribution in [3.8, 4) is 16.6 Å². The summed E-state index contributed by atoms with van der Waals surface area (Å²) in [5, 5.41) is 13.3. The molecule has 2 aromatic heterocycles. The summed E-state index contributed by atoms with van der Waals surface area (Å²) in [5.41, 5.74) is 2.60. The summed E-state index contributed by atoms with van der Waals surface area (Å²) >= 11 is 0.952. The first-order valence-electron chi connectivity index (χ1n) is 13.3. The average molecular weight is 595 g/mol. The number of carbonyl (C=O) groups is 1. The Morgan fingerprint density at radius 3 is 2.74 bits per heavy atom. The molecular weight excluding hydrogens is 569 g/mol. The summed E-state index contributed by atoms with van der Waals surface area (Å²) < 4.78 is 46.0. The van der Waals surface area contributed by atoms with Crippen molar-refractivity contribution in [2.24, 2.45) is 0 Å². The van der Waals surface area contributed by atoms with Gasteiger partial charge in [0.05, 0.1) is 41.5 Å². The Morgan fingerprint density at radius 2 is 2.00 bits per heavy atom. The molecular formula is C29H25F3N6O3S. The number of rotatable bonds is 6. The SMILES string of the molecule is Cc1nc2cc(-c3ncc(CC(F)(F)F)s3)c(N[C@H]3CCN4C(=O)OC[C@@H]4C3)cc2c(=O)n1Cc1ccc(C#N)cc1. The van der Waals surface area contributed by atoms with Gasteiger partial charge in [-0.15, -0.1) is 11.3 Å². The molecule has 2 saturated heterocycles. The molecule has 13 heteroatoms. The van der Waals surface area contributed by atoms with E-state index in [0.717, 1.165) is 16.9 Å². The molecule has 1 amide bonds. The zero-order valence-corrected chi connectivity index (χ0v) is 23.3. The predicted octanol–water partition coefficient (Wildman–Crippen LogP) is 5.25. The highest BCUT2D eigenvalue weighted by molar-refractivity contribution is 7.15. The van der Waals surface area contributed by atoms with E-state index in [0.29, 0.717) is 64.5 Å². The van der Waals surface area contributed by atoms with Gasteiger partial charge in [-0.05, 0) is 49.6 Å². The maximum Gasteiger partial charge on any atom is 0.410 e. The summed E-state index contributed by atoms with van der Waals surface area (Å²) in [7, 11) is 0. The van der Waals surface area contributed by atoms with Crippen LogP contribution in [0.5, 0.6) is 0 Å². The largest absolute Gasteiger partial charge is 0.447 e. The number of piperidine rings is 1. The molecule has 6 rings (SSSR count). The van der Waals surface area contributed by atoms with E-state index < -0.39 is 12.6 Å². The monoisotopic (exact) mass is 594 g/mol. The fourth-order valence-corrected chi connectivity index (χ4v) is 6.46. The minimum atomic E-state index is -4.36. The van der Waals surface area contributed by atoms with Crippen LogP contribution in [0.15, 0.2) is 47.4 Å². The molecule has 216 valence electrons. The van der Waals surface area contributed by atoms with E-state index in [4.69, 9.17) is 10.00 Å². The van der Waals surface area contributed by atoms with E-state index in [9.17, 15) is 22.8 Å². The molecule has 2 aliphatic rings. The molecule has 0 aliphatic carbocycles. The van der Waals surface area contributed by atoms with Crippen molar-refractivity contribution in [2.75, 3.05) is 18.5 Å². The van der Waals surface area contributed by atoms with Crippen LogP contribution < -0.4 is 10.9 Å². The first kappa shape index (κ1) is 27.7. The standard InChI is InChI=1S/C29H25F3N6O3S/c1-16-35-25-9-22(26-34-13-21(42-26)11-29(30,31)32)24(36-19-6-7-37-20(8-19)15-41-28(37)40)10-23(25)27(39)38(16)14-18-4-2-17(12-33)3-5-18/h2-5,9-10,13,19-20,36H,6-8,11,14-15H2,1H3/t19-,20-/m0/s1. The van der Waals surface area contributed by atoms with Gasteiger partial charge in [0.25, 0.3) is 5.56 Å². The summed E-state index contributed by atoms with van der Waals surface area (Å²) in [5.74, 6) is 0.471. The van der Waals surface area contributed by atoms with E-state index in [1.807, 2.05) is 0 Å².